The molecule has 1 amide bonds. The second-order valence-electron chi connectivity index (χ2n) is 4.75. The largest absolute Gasteiger partial charge is 0.352 e. The lowest BCUT2D eigenvalue weighted by Crippen LogP contribution is -2.43. The molecule has 17 heavy (non-hydrogen) atoms. The lowest BCUT2D eigenvalue weighted by molar-refractivity contribution is -0.123. The monoisotopic (exact) mass is 243 g/mol. The van der Waals surface area contributed by atoms with Crippen molar-refractivity contribution < 1.29 is 4.79 Å². The van der Waals surface area contributed by atoms with Crippen LogP contribution in [0.4, 0.5) is 0 Å². The van der Waals surface area contributed by atoms with Crippen molar-refractivity contribution in [3.63, 3.8) is 0 Å². The van der Waals surface area contributed by atoms with E-state index in [1.807, 2.05) is 0 Å². The van der Waals surface area contributed by atoms with Gasteiger partial charge in [0.2, 0.25) is 5.91 Å². The lowest BCUT2D eigenvalue weighted by Gasteiger charge is -2.24. The molecule has 0 fully saturated rings. The molecule has 0 radical (unpaired) electrons. The first-order chi connectivity index (χ1) is 8.07. The van der Waals surface area contributed by atoms with E-state index in [1.165, 1.54) is 0 Å². The first kappa shape index (κ1) is 16.4. The predicted molar refractivity (Wildman–Crippen MR) is 72.8 cm³/mol. The molecule has 0 aliphatic rings. The summed E-state index contributed by atoms with van der Waals surface area (Å²) in [5, 5.41) is 3.06. The molecule has 4 heteroatoms. The lowest BCUT2D eigenvalue weighted by atomic mass is 10.1. The van der Waals surface area contributed by atoms with Crippen LogP contribution in [-0.2, 0) is 4.79 Å². The molecule has 0 spiro atoms. The summed E-state index contributed by atoms with van der Waals surface area (Å²) in [5.41, 5.74) is 5.60. The molecular formula is C13H29N3O. The van der Waals surface area contributed by atoms with Gasteiger partial charge in [0.1, 0.15) is 0 Å². The van der Waals surface area contributed by atoms with E-state index < -0.39 is 0 Å². The van der Waals surface area contributed by atoms with Crippen LogP contribution in [0.1, 0.15) is 40.5 Å². The standard InChI is InChI=1S/C13H29N3O/c1-5-12(6-2)15-13(17)10-16(7-3)9-11(4)8-14/h11-12H,5-10,14H2,1-4H3,(H,15,17). The summed E-state index contributed by atoms with van der Waals surface area (Å²) in [7, 11) is 0. The molecule has 1 atom stereocenters. The summed E-state index contributed by atoms with van der Waals surface area (Å²) in [5.74, 6) is 0.570. The van der Waals surface area contributed by atoms with Gasteiger partial charge in [-0.2, -0.15) is 0 Å². The van der Waals surface area contributed by atoms with Crippen LogP contribution < -0.4 is 11.1 Å². The van der Waals surface area contributed by atoms with Crippen molar-refractivity contribution in [2.45, 2.75) is 46.6 Å². The molecule has 0 aliphatic heterocycles. The Hall–Kier alpha value is -0.610. The maximum Gasteiger partial charge on any atom is 0.234 e. The fourth-order valence-electron chi connectivity index (χ4n) is 1.79. The van der Waals surface area contributed by atoms with E-state index in [9.17, 15) is 4.79 Å². The van der Waals surface area contributed by atoms with Crippen molar-refractivity contribution in [3.05, 3.63) is 0 Å². The van der Waals surface area contributed by atoms with Gasteiger partial charge in [-0.1, -0.05) is 27.7 Å². The Morgan fingerprint density at radius 2 is 1.88 bits per heavy atom. The highest BCUT2D eigenvalue weighted by atomic mass is 16.2. The number of nitrogens with one attached hydrogen (secondary N) is 1. The molecule has 0 aromatic rings. The first-order valence-corrected chi connectivity index (χ1v) is 6.78. The molecule has 102 valence electrons. The van der Waals surface area contributed by atoms with Gasteiger partial charge in [0.25, 0.3) is 0 Å². The molecule has 0 aromatic heterocycles. The van der Waals surface area contributed by atoms with Gasteiger partial charge in [-0.25, -0.2) is 0 Å². The van der Waals surface area contributed by atoms with Gasteiger partial charge in [0, 0.05) is 12.6 Å². The first-order valence-electron chi connectivity index (χ1n) is 6.78. The van der Waals surface area contributed by atoms with E-state index in [1.54, 1.807) is 0 Å². The van der Waals surface area contributed by atoms with Crippen molar-refractivity contribution in [3.8, 4) is 0 Å². The number of rotatable bonds is 9. The molecule has 0 bridgehead atoms. The van der Waals surface area contributed by atoms with E-state index in [2.05, 4.69) is 37.9 Å². The third kappa shape index (κ3) is 7.34. The summed E-state index contributed by atoms with van der Waals surface area (Å²) >= 11 is 0. The summed E-state index contributed by atoms with van der Waals surface area (Å²) in [4.78, 5) is 14.0. The van der Waals surface area contributed by atoms with Crippen LogP contribution in [0.2, 0.25) is 0 Å². The molecule has 0 heterocycles. The van der Waals surface area contributed by atoms with E-state index >= 15 is 0 Å². The van der Waals surface area contributed by atoms with Crippen molar-refractivity contribution >= 4 is 5.91 Å². The van der Waals surface area contributed by atoms with Crippen LogP contribution in [-0.4, -0.2) is 43.0 Å². The van der Waals surface area contributed by atoms with Crippen LogP contribution >= 0.6 is 0 Å². The summed E-state index contributed by atoms with van der Waals surface area (Å²) in [6.07, 6.45) is 1.99. The number of likely N-dealkylation sites (N-methyl/N-ethyl adjacent to an activating group) is 1. The predicted octanol–water partition coefficient (Wildman–Crippen LogP) is 1.21. The second-order valence-corrected chi connectivity index (χ2v) is 4.75. The number of carbonyl (C=O) groups excluding carboxylic acids is 1. The molecule has 0 saturated carbocycles. The average molecular weight is 243 g/mol. The normalized spacial score (nSPS) is 13.1. The van der Waals surface area contributed by atoms with Crippen LogP contribution in [0.25, 0.3) is 0 Å². The smallest absolute Gasteiger partial charge is 0.234 e. The Morgan fingerprint density at radius 1 is 1.29 bits per heavy atom. The number of amides is 1. The van der Waals surface area contributed by atoms with Gasteiger partial charge in [0.05, 0.1) is 6.54 Å². The maximum absolute atomic E-state index is 11.8. The van der Waals surface area contributed by atoms with Gasteiger partial charge in [-0.3, -0.25) is 9.69 Å². The fraction of sp³-hybridized carbons (Fsp3) is 0.923. The number of carbonyl (C=O) groups is 1. The van der Waals surface area contributed by atoms with Crippen LogP contribution in [0.3, 0.4) is 0 Å². The molecule has 1 unspecified atom stereocenters. The van der Waals surface area contributed by atoms with Crippen LogP contribution in [0, 0.1) is 5.92 Å². The van der Waals surface area contributed by atoms with Crippen molar-refractivity contribution in [2.24, 2.45) is 11.7 Å². The van der Waals surface area contributed by atoms with Gasteiger partial charge >= 0.3 is 0 Å². The number of hydrogen-bond donors (Lipinski definition) is 2. The van der Waals surface area contributed by atoms with Gasteiger partial charge in [-0.15, -0.1) is 0 Å². The highest BCUT2D eigenvalue weighted by molar-refractivity contribution is 5.78. The zero-order chi connectivity index (χ0) is 13.3. The molecule has 0 aliphatic carbocycles. The minimum atomic E-state index is 0.129. The Kier molecular flexibility index (Phi) is 9.09. The van der Waals surface area contributed by atoms with E-state index in [0.29, 0.717) is 25.0 Å². The van der Waals surface area contributed by atoms with Crippen molar-refractivity contribution in [2.75, 3.05) is 26.2 Å². The topological polar surface area (TPSA) is 58.4 Å². The third-order valence-electron chi connectivity index (χ3n) is 3.14. The van der Waals surface area contributed by atoms with Gasteiger partial charge < -0.3 is 11.1 Å². The van der Waals surface area contributed by atoms with E-state index in [4.69, 9.17) is 5.73 Å². The minimum Gasteiger partial charge on any atom is -0.352 e. The van der Waals surface area contributed by atoms with Crippen LogP contribution in [0.15, 0.2) is 0 Å². The summed E-state index contributed by atoms with van der Waals surface area (Å²) < 4.78 is 0. The maximum atomic E-state index is 11.8. The molecule has 0 aromatic carbocycles. The Bertz CT molecular complexity index is 205. The van der Waals surface area contributed by atoms with Crippen LogP contribution in [0.5, 0.6) is 0 Å². The number of nitrogens with two attached hydrogens (primary N) is 1. The number of nitrogens with zero attached hydrogens (tertiary/aromatic N) is 1. The highest BCUT2D eigenvalue weighted by Crippen LogP contribution is 1.99. The Labute approximate surface area is 106 Å². The molecule has 0 rings (SSSR count). The molecule has 0 saturated heterocycles. The molecular weight excluding hydrogens is 214 g/mol. The van der Waals surface area contributed by atoms with E-state index in [-0.39, 0.29) is 5.91 Å². The van der Waals surface area contributed by atoms with Crippen molar-refractivity contribution in [1.29, 1.82) is 0 Å². The Balaban J connectivity index is 4.05. The average Bonchev–Trinajstić information content (AvgIpc) is 2.34. The number of hydrogen-bond acceptors (Lipinski definition) is 3. The van der Waals surface area contributed by atoms with Crippen molar-refractivity contribution in [1.82, 2.24) is 10.2 Å². The molecule has 4 nitrogen and oxygen atoms in total. The second kappa shape index (κ2) is 9.42. The van der Waals surface area contributed by atoms with Gasteiger partial charge in [0.15, 0.2) is 0 Å². The molecule has 3 N–H and O–H groups in total. The van der Waals surface area contributed by atoms with Gasteiger partial charge in [-0.05, 0) is 31.8 Å². The van der Waals surface area contributed by atoms with E-state index in [0.717, 1.165) is 25.9 Å². The SMILES string of the molecule is CCC(CC)NC(=O)CN(CC)CC(C)CN. The zero-order valence-electron chi connectivity index (χ0n) is 11.8. The summed E-state index contributed by atoms with van der Waals surface area (Å²) in [6.45, 7) is 11.3. The summed E-state index contributed by atoms with van der Waals surface area (Å²) in [6, 6.07) is 0.313. The minimum absolute atomic E-state index is 0.129. The zero-order valence-corrected chi connectivity index (χ0v) is 11.8. The fourth-order valence-corrected chi connectivity index (χ4v) is 1.79. The highest BCUT2D eigenvalue weighted by Gasteiger charge is 2.13. The Morgan fingerprint density at radius 3 is 2.29 bits per heavy atom. The quantitative estimate of drug-likeness (QED) is 0.640. The third-order valence-corrected chi connectivity index (χ3v) is 3.14.